The summed E-state index contributed by atoms with van der Waals surface area (Å²) in [6.45, 7) is 6.43. The normalized spacial score (nSPS) is 14.9. The van der Waals surface area contributed by atoms with Gasteiger partial charge in [-0.3, -0.25) is 0 Å². The van der Waals surface area contributed by atoms with Crippen LogP contribution in [0.5, 0.6) is 0 Å². The summed E-state index contributed by atoms with van der Waals surface area (Å²) in [5.41, 5.74) is 0. The van der Waals surface area contributed by atoms with Gasteiger partial charge in [-0.2, -0.15) is 0 Å². The van der Waals surface area contributed by atoms with Crippen LogP contribution >= 0.6 is 0 Å². The average molecular weight is 111 g/mol. The Morgan fingerprint density at radius 2 is 2.12 bits per heavy atom. The van der Waals surface area contributed by atoms with Gasteiger partial charge in [0, 0.05) is 0 Å². The van der Waals surface area contributed by atoms with E-state index in [1.165, 1.54) is 0 Å². The topological polar surface area (TPSA) is 0 Å². The molecule has 1 unspecified atom stereocenters. The van der Waals surface area contributed by atoms with Crippen molar-refractivity contribution < 1.29 is 0 Å². The van der Waals surface area contributed by atoms with Crippen LogP contribution in [0.15, 0.2) is 12.2 Å². The molecule has 0 aromatic heterocycles. The summed E-state index contributed by atoms with van der Waals surface area (Å²) in [5, 5.41) is 0. The first-order chi connectivity index (χ1) is 3.81. The zero-order valence-corrected chi connectivity index (χ0v) is 6.02. The molecule has 1 radical (unpaired) electrons. The summed E-state index contributed by atoms with van der Waals surface area (Å²) in [7, 11) is 0. The third-order valence-electron chi connectivity index (χ3n) is 1.20. The fourth-order valence-electron chi connectivity index (χ4n) is 0.462. The van der Waals surface area contributed by atoms with Crippen molar-refractivity contribution in [3.63, 3.8) is 0 Å². The molecule has 0 amide bonds. The highest BCUT2D eigenvalue weighted by atomic mass is 13.9. The van der Waals surface area contributed by atoms with Crippen LogP contribution in [0.4, 0.5) is 0 Å². The minimum absolute atomic E-state index is 0.648. The summed E-state index contributed by atoms with van der Waals surface area (Å²) >= 11 is 0. The van der Waals surface area contributed by atoms with E-state index in [0.717, 1.165) is 6.42 Å². The standard InChI is InChI=1S/C8H15/c1-4-6-7-8(3)5-2/h5-8H,4H2,1-3H3/b7-6+. The molecular formula is C8H15. The Bertz CT molecular complexity index is 62.4. The second-order valence-electron chi connectivity index (χ2n) is 2.03. The number of allylic oxidation sites excluding steroid dienone is 2. The number of hydrogen-bond donors (Lipinski definition) is 0. The molecule has 8 heavy (non-hydrogen) atoms. The van der Waals surface area contributed by atoms with Gasteiger partial charge in [0.25, 0.3) is 0 Å². The highest BCUT2D eigenvalue weighted by Gasteiger charge is 1.87. The first kappa shape index (κ1) is 7.74. The average Bonchev–Trinajstić information content (AvgIpc) is 1.83. The first-order valence-electron chi connectivity index (χ1n) is 3.27. The van der Waals surface area contributed by atoms with E-state index < -0.39 is 0 Å². The van der Waals surface area contributed by atoms with Crippen molar-refractivity contribution in [2.75, 3.05) is 0 Å². The minimum atomic E-state index is 0.648. The van der Waals surface area contributed by atoms with Crippen molar-refractivity contribution in [2.24, 2.45) is 5.92 Å². The van der Waals surface area contributed by atoms with Crippen LogP contribution in [0.2, 0.25) is 0 Å². The van der Waals surface area contributed by atoms with E-state index in [2.05, 4.69) is 39.3 Å². The van der Waals surface area contributed by atoms with Crippen molar-refractivity contribution in [2.45, 2.75) is 27.2 Å². The molecule has 0 aliphatic heterocycles. The SMILES string of the molecule is C[CH]C(C)/C=C/CC. The fraction of sp³-hybridized carbons (Fsp3) is 0.625. The van der Waals surface area contributed by atoms with Gasteiger partial charge in [-0.15, -0.1) is 0 Å². The van der Waals surface area contributed by atoms with Gasteiger partial charge in [0.1, 0.15) is 0 Å². The van der Waals surface area contributed by atoms with Crippen molar-refractivity contribution in [1.82, 2.24) is 0 Å². The van der Waals surface area contributed by atoms with Crippen LogP contribution in [-0.2, 0) is 0 Å². The van der Waals surface area contributed by atoms with Gasteiger partial charge in [-0.05, 0) is 18.8 Å². The maximum atomic E-state index is 2.22. The maximum absolute atomic E-state index is 2.22. The van der Waals surface area contributed by atoms with Crippen LogP contribution in [0.1, 0.15) is 27.2 Å². The fourth-order valence-corrected chi connectivity index (χ4v) is 0.462. The van der Waals surface area contributed by atoms with E-state index in [1.54, 1.807) is 0 Å². The van der Waals surface area contributed by atoms with E-state index in [4.69, 9.17) is 0 Å². The Labute approximate surface area is 52.6 Å². The lowest BCUT2D eigenvalue weighted by Crippen LogP contribution is -1.83. The molecule has 0 saturated carbocycles. The summed E-state index contributed by atoms with van der Waals surface area (Å²) < 4.78 is 0. The molecule has 0 spiro atoms. The smallest absolute Gasteiger partial charge is 0.0233 e. The zero-order valence-electron chi connectivity index (χ0n) is 6.02. The van der Waals surface area contributed by atoms with E-state index >= 15 is 0 Å². The molecule has 0 aliphatic carbocycles. The highest BCUT2D eigenvalue weighted by molar-refractivity contribution is 4.90. The molecule has 0 aromatic rings. The minimum Gasteiger partial charge on any atom is -0.0885 e. The second kappa shape index (κ2) is 4.89. The summed E-state index contributed by atoms with van der Waals surface area (Å²) in [6.07, 6.45) is 7.76. The molecule has 0 N–H and O–H groups in total. The lowest BCUT2D eigenvalue weighted by Gasteiger charge is -1.96. The van der Waals surface area contributed by atoms with Gasteiger partial charge in [0.05, 0.1) is 0 Å². The van der Waals surface area contributed by atoms with Gasteiger partial charge in [0.2, 0.25) is 0 Å². The summed E-state index contributed by atoms with van der Waals surface area (Å²) in [4.78, 5) is 0. The van der Waals surface area contributed by atoms with E-state index in [0.29, 0.717) is 5.92 Å². The maximum Gasteiger partial charge on any atom is -0.0233 e. The van der Waals surface area contributed by atoms with Crippen LogP contribution in [-0.4, -0.2) is 0 Å². The molecule has 0 bridgehead atoms. The van der Waals surface area contributed by atoms with E-state index in [9.17, 15) is 0 Å². The molecule has 0 nitrogen and oxygen atoms in total. The van der Waals surface area contributed by atoms with Crippen LogP contribution in [0.3, 0.4) is 0 Å². The number of rotatable bonds is 3. The first-order valence-corrected chi connectivity index (χ1v) is 3.27. The van der Waals surface area contributed by atoms with Crippen molar-refractivity contribution in [3.8, 4) is 0 Å². The van der Waals surface area contributed by atoms with Crippen molar-refractivity contribution in [1.29, 1.82) is 0 Å². The van der Waals surface area contributed by atoms with Crippen molar-refractivity contribution >= 4 is 0 Å². The Morgan fingerprint density at radius 3 is 2.50 bits per heavy atom. The van der Waals surface area contributed by atoms with Crippen molar-refractivity contribution in [3.05, 3.63) is 18.6 Å². The molecule has 0 rings (SSSR count). The van der Waals surface area contributed by atoms with Crippen LogP contribution in [0, 0.1) is 12.3 Å². The summed E-state index contributed by atoms with van der Waals surface area (Å²) in [5.74, 6) is 0.648. The van der Waals surface area contributed by atoms with Crippen LogP contribution in [0.25, 0.3) is 0 Å². The molecule has 0 heterocycles. The Balaban J connectivity index is 3.21. The molecule has 0 fully saturated rings. The Hall–Kier alpha value is -0.260. The number of hydrogen-bond acceptors (Lipinski definition) is 0. The van der Waals surface area contributed by atoms with Gasteiger partial charge in [-0.25, -0.2) is 0 Å². The molecule has 0 heteroatoms. The van der Waals surface area contributed by atoms with E-state index in [1.807, 2.05) is 0 Å². The third-order valence-corrected chi connectivity index (χ3v) is 1.20. The van der Waals surface area contributed by atoms with Gasteiger partial charge in [0.15, 0.2) is 0 Å². The predicted molar refractivity (Wildman–Crippen MR) is 38.6 cm³/mol. The largest absolute Gasteiger partial charge is 0.0885 e. The van der Waals surface area contributed by atoms with E-state index in [-0.39, 0.29) is 0 Å². The second-order valence-corrected chi connectivity index (χ2v) is 2.03. The summed E-state index contributed by atoms with van der Waals surface area (Å²) in [6, 6.07) is 0. The molecule has 0 saturated heterocycles. The van der Waals surface area contributed by atoms with Gasteiger partial charge < -0.3 is 0 Å². The molecule has 47 valence electrons. The monoisotopic (exact) mass is 111 g/mol. The lowest BCUT2D eigenvalue weighted by atomic mass is 10.1. The van der Waals surface area contributed by atoms with Crippen LogP contribution < -0.4 is 0 Å². The van der Waals surface area contributed by atoms with Gasteiger partial charge >= 0.3 is 0 Å². The highest BCUT2D eigenvalue weighted by Crippen LogP contribution is 2.00. The Morgan fingerprint density at radius 1 is 1.50 bits per heavy atom. The quantitative estimate of drug-likeness (QED) is 0.491. The lowest BCUT2D eigenvalue weighted by molar-refractivity contribution is 0.849. The molecule has 1 atom stereocenters. The molecule has 0 aliphatic rings. The third kappa shape index (κ3) is 3.91. The van der Waals surface area contributed by atoms with Gasteiger partial charge in [-0.1, -0.05) is 32.9 Å². The molecular weight excluding hydrogens is 96.1 g/mol. The molecule has 0 aromatic carbocycles. The zero-order chi connectivity index (χ0) is 6.41. The Kier molecular flexibility index (Phi) is 4.73. The predicted octanol–water partition coefficient (Wildman–Crippen LogP) is 2.81.